The summed E-state index contributed by atoms with van der Waals surface area (Å²) in [7, 11) is -0.168. The fourth-order valence-electron chi connectivity index (χ4n) is 0.532. The van der Waals surface area contributed by atoms with E-state index in [-0.39, 0.29) is 11.5 Å². The molecule has 0 rings (SSSR count). The van der Waals surface area contributed by atoms with Gasteiger partial charge < -0.3 is 9.05 Å². The molecule has 10 heavy (non-hydrogen) atoms. The summed E-state index contributed by atoms with van der Waals surface area (Å²) in [4.78, 5) is 0. The van der Waals surface area contributed by atoms with E-state index >= 15 is 0 Å². The van der Waals surface area contributed by atoms with Gasteiger partial charge in [0.1, 0.15) is 0 Å². The summed E-state index contributed by atoms with van der Waals surface area (Å²) in [6.45, 7) is 1.74. The molecular formula is C5H12ClO3P. The molecule has 0 aromatic carbocycles. The second-order valence-electron chi connectivity index (χ2n) is 1.94. The van der Waals surface area contributed by atoms with Gasteiger partial charge in [0.2, 0.25) is 0 Å². The number of hydrogen-bond donors (Lipinski definition) is 0. The molecule has 0 bridgehead atoms. The van der Waals surface area contributed by atoms with Crippen LogP contribution in [0.1, 0.15) is 6.92 Å². The Morgan fingerprint density at radius 3 is 2.00 bits per heavy atom. The summed E-state index contributed by atoms with van der Waals surface area (Å²) in [5, 5.41) is -0.189. The van der Waals surface area contributed by atoms with Gasteiger partial charge in [0.15, 0.2) is 0 Å². The van der Waals surface area contributed by atoms with Crippen LogP contribution in [0.5, 0.6) is 0 Å². The summed E-state index contributed by atoms with van der Waals surface area (Å²) < 4.78 is 20.5. The van der Waals surface area contributed by atoms with E-state index in [2.05, 4.69) is 9.05 Å². The smallest absolute Gasteiger partial charge is 0.312 e. The Kier molecular flexibility index (Phi) is 4.54. The third-order valence-corrected chi connectivity index (χ3v) is 3.51. The lowest BCUT2D eigenvalue weighted by atomic mass is 10.6. The Morgan fingerprint density at radius 1 is 1.50 bits per heavy atom. The van der Waals surface area contributed by atoms with Gasteiger partial charge >= 0.3 is 7.60 Å². The maximum Gasteiger partial charge on any atom is 0.331 e. The van der Waals surface area contributed by atoms with Crippen molar-refractivity contribution in [2.45, 2.75) is 12.3 Å². The molecule has 3 nitrogen and oxygen atoms in total. The quantitative estimate of drug-likeness (QED) is 0.498. The van der Waals surface area contributed by atoms with Crippen LogP contribution < -0.4 is 0 Å². The third-order valence-electron chi connectivity index (χ3n) is 1.03. The first-order valence-corrected chi connectivity index (χ1v) is 5.05. The van der Waals surface area contributed by atoms with Gasteiger partial charge in [0, 0.05) is 19.6 Å². The highest BCUT2D eigenvalue weighted by molar-refractivity contribution is 7.53. The second kappa shape index (κ2) is 4.35. The predicted molar refractivity (Wildman–Crippen MR) is 41.8 cm³/mol. The van der Waals surface area contributed by atoms with Crippen molar-refractivity contribution in [2.24, 2.45) is 0 Å². The van der Waals surface area contributed by atoms with Gasteiger partial charge in [-0.25, -0.2) is 0 Å². The third kappa shape index (κ3) is 3.57. The summed E-state index contributed by atoms with van der Waals surface area (Å²) in [6.07, 6.45) is 0.252. The van der Waals surface area contributed by atoms with E-state index in [1.807, 2.05) is 0 Å². The minimum atomic E-state index is -2.87. The number of hydrogen-bond acceptors (Lipinski definition) is 3. The van der Waals surface area contributed by atoms with E-state index in [1.54, 1.807) is 6.92 Å². The molecule has 0 saturated carbocycles. The Balaban J connectivity index is 3.94. The molecule has 0 spiro atoms. The number of halogens is 1. The molecule has 0 amide bonds. The number of rotatable bonds is 4. The predicted octanol–water partition coefficient (Wildman–Crippen LogP) is 2.10. The molecule has 0 aromatic heterocycles. The maximum atomic E-state index is 11.2. The van der Waals surface area contributed by atoms with Gasteiger partial charge in [0.05, 0.1) is 6.16 Å². The van der Waals surface area contributed by atoms with Crippen LogP contribution >= 0.6 is 19.2 Å². The summed E-state index contributed by atoms with van der Waals surface area (Å²) in [5.41, 5.74) is 0. The number of alkyl halides is 1. The maximum absolute atomic E-state index is 11.2. The van der Waals surface area contributed by atoms with Crippen molar-refractivity contribution in [3.05, 3.63) is 0 Å². The van der Waals surface area contributed by atoms with Crippen LogP contribution in [0.2, 0.25) is 0 Å². The van der Waals surface area contributed by atoms with Crippen molar-refractivity contribution in [2.75, 3.05) is 20.4 Å². The zero-order valence-electron chi connectivity index (χ0n) is 6.33. The average Bonchev–Trinajstić information content (AvgIpc) is 1.87. The van der Waals surface area contributed by atoms with Crippen molar-refractivity contribution < 1.29 is 13.6 Å². The van der Waals surface area contributed by atoms with E-state index in [0.717, 1.165) is 0 Å². The first-order chi connectivity index (χ1) is 4.54. The zero-order valence-corrected chi connectivity index (χ0v) is 7.98. The van der Waals surface area contributed by atoms with E-state index in [0.29, 0.717) is 0 Å². The Bertz CT molecular complexity index is 129. The molecule has 0 N–H and O–H groups in total. The Morgan fingerprint density at radius 2 is 1.90 bits per heavy atom. The van der Waals surface area contributed by atoms with E-state index in [1.165, 1.54) is 14.2 Å². The van der Waals surface area contributed by atoms with Crippen LogP contribution in [0.3, 0.4) is 0 Å². The highest BCUT2D eigenvalue weighted by Crippen LogP contribution is 2.47. The molecule has 0 aromatic rings. The zero-order chi connectivity index (χ0) is 8.20. The second-order valence-corrected chi connectivity index (χ2v) is 5.00. The minimum Gasteiger partial charge on any atom is -0.312 e. The molecule has 0 aliphatic heterocycles. The monoisotopic (exact) mass is 186 g/mol. The summed E-state index contributed by atoms with van der Waals surface area (Å²) >= 11 is 5.59. The first-order valence-electron chi connectivity index (χ1n) is 2.88. The van der Waals surface area contributed by atoms with Gasteiger partial charge in [-0.3, -0.25) is 4.57 Å². The van der Waals surface area contributed by atoms with E-state index in [4.69, 9.17) is 11.6 Å². The van der Waals surface area contributed by atoms with Crippen LogP contribution in [0.15, 0.2) is 0 Å². The molecule has 62 valence electrons. The van der Waals surface area contributed by atoms with Gasteiger partial charge in [-0.15, -0.1) is 11.6 Å². The SMILES string of the molecule is COP(=O)(CC(C)Cl)OC. The molecule has 0 saturated heterocycles. The van der Waals surface area contributed by atoms with Gasteiger partial charge in [-0.1, -0.05) is 0 Å². The van der Waals surface area contributed by atoms with E-state index in [9.17, 15) is 4.57 Å². The largest absolute Gasteiger partial charge is 0.331 e. The van der Waals surface area contributed by atoms with Gasteiger partial charge in [-0.05, 0) is 6.92 Å². The Labute approximate surface area is 66.2 Å². The topological polar surface area (TPSA) is 35.5 Å². The standard InChI is InChI=1S/C5H12ClO3P/c1-5(6)4-10(7,8-2)9-3/h5H,4H2,1-3H3. The van der Waals surface area contributed by atoms with Crippen LogP contribution in [0.4, 0.5) is 0 Å². The summed E-state index contributed by atoms with van der Waals surface area (Å²) in [6, 6.07) is 0. The van der Waals surface area contributed by atoms with Crippen LogP contribution in [-0.4, -0.2) is 25.8 Å². The molecule has 5 heteroatoms. The molecule has 1 atom stereocenters. The summed E-state index contributed by atoms with van der Waals surface area (Å²) in [5.74, 6) is 0. The van der Waals surface area contributed by atoms with Gasteiger partial charge in [-0.2, -0.15) is 0 Å². The highest BCUT2D eigenvalue weighted by atomic mass is 35.5. The average molecular weight is 187 g/mol. The van der Waals surface area contributed by atoms with Crippen molar-refractivity contribution in [3.8, 4) is 0 Å². The van der Waals surface area contributed by atoms with Crippen molar-refractivity contribution >= 4 is 19.2 Å². The van der Waals surface area contributed by atoms with Crippen LogP contribution in [0, 0.1) is 0 Å². The van der Waals surface area contributed by atoms with Crippen molar-refractivity contribution in [1.82, 2.24) is 0 Å². The lowest BCUT2D eigenvalue weighted by Gasteiger charge is -2.13. The minimum absolute atomic E-state index is 0.189. The first kappa shape index (κ1) is 10.4. The molecular weight excluding hydrogens is 174 g/mol. The molecule has 0 aliphatic carbocycles. The van der Waals surface area contributed by atoms with Gasteiger partial charge in [0.25, 0.3) is 0 Å². The van der Waals surface area contributed by atoms with Crippen LogP contribution in [-0.2, 0) is 13.6 Å². The molecule has 1 unspecified atom stereocenters. The lowest BCUT2D eigenvalue weighted by molar-refractivity contribution is 0.276. The molecule has 0 heterocycles. The van der Waals surface area contributed by atoms with Crippen molar-refractivity contribution in [1.29, 1.82) is 0 Å². The van der Waals surface area contributed by atoms with E-state index < -0.39 is 7.60 Å². The molecule has 0 aliphatic rings. The fraction of sp³-hybridized carbons (Fsp3) is 1.00. The lowest BCUT2D eigenvalue weighted by Crippen LogP contribution is -2.03. The van der Waals surface area contributed by atoms with Crippen LogP contribution in [0.25, 0.3) is 0 Å². The van der Waals surface area contributed by atoms with Crippen molar-refractivity contribution in [3.63, 3.8) is 0 Å². The highest BCUT2D eigenvalue weighted by Gasteiger charge is 2.22. The Hall–Kier alpha value is 0.440. The fourth-order valence-corrected chi connectivity index (χ4v) is 2.10. The molecule has 0 radical (unpaired) electrons. The normalized spacial score (nSPS) is 15.2. The molecule has 0 fully saturated rings.